The molecule has 1 heterocycles. The monoisotopic (exact) mass is 414 g/mol. The lowest BCUT2D eigenvalue weighted by molar-refractivity contribution is -0.148. The van der Waals surface area contributed by atoms with Crippen LogP contribution in [0.2, 0.25) is 10.0 Å². The molecule has 0 aliphatic rings. The van der Waals surface area contributed by atoms with Crippen molar-refractivity contribution >= 4 is 35.2 Å². The standard InChI is InChI=1S/C22H20Cl2N2O2/c1-22(2,3)28-20(27)10-7-15-5-4-6-18(21(15)26-12-11-25-14-26)17-9-8-16(23)13-19(17)24/h4-14H,1-3H3/b10-7+. The second-order valence-electron chi connectivity index (χ2n) is 7.20. The topological polar surface area (TPSA) is 44.1 Å². The molecule has 0 unspecified atom stereocenters. The molecule has 6 heteroatoms. The van der Waals surface area contributed by atoms with Gasteiger partial charge in [0.2, 0.25) is 0 Å². The Morgan fingerprint density at radius 1 is 1.14 bits per heavy atom. The van der Waals surface area contributed by atoms with Crippen molar-refractivity contribution < 1.29 is 9.53 Å². The second kappa shape index (κ2) is 8.21. The van der Waals surface area contributed by atoms with Gasteiger partial charge in [0.05, 0.1) is 12.0 Å². The number of carbonyl (C=O) groups is 1. The van der Waals surface area contributed by atoms with Crippen LogP contribution < -0.4 is 0 Å². The van der Waals surface area contributed by atoms with Crippen molar-refractivity contribution in [3.63, 3.8) is 0 Å². The van der Waals surface area contributed by atoms with Crippen molar-refractivity contribution in [2.45, 2.75) is 26.4 Å². The number of para-hydroxylation sites is 1. The van der Waals surface area contributed by atoms with E-state index in [1.54, 1.807) is 30.7 Å². The van der Waals surface area contributed by atoms with Crippen molar-refractivity contribution in [3.05, 3.63) is 76.8 Å². The summed E-state index contributed by atoms with van der Waals surface area (Å²) in [4.78, 5) is 16.3. The molecule has 0 aliphatic heterocycles. The number of nitrogens with zero attached hydrogens (tertiary/aromatic N) is 2. The van der Waals surface area contributed by atoms with Crippen LogP contribution in [0.5, 0.6) is 0 Å². The van der Waals surface area contributed by atoms with E-state index in [9.17, 15) is 4.79 Å². The van der Waals surface area contributed by atoms with Gasteiger partial charge in [0.1, 0.15) is 5.60 Å². The van der Waals surface area contributed by atoms with Crippen molar-refractivity contribution in [1.29, 1.82) is 0 Å². The molecule has 0 spiro atoms. The van der Waals surface area contributed by atoms with Crippen LogP contribution in [0, 0.1) is 0 Å². The average Bonchev–Trinajstić information content (AvgIpc) is 3.12. The van der Waals surface area contributed by atoms with E-state index in [-0.39, 0.29) is 0 Å². The lowest BCUT2D eigenvalue weighted by Gasteiger charge is -2.18. The molecular weight excluding hydrogens is 395 g/mol. The number of hydrogen-bond donors (Lipinski definition) is 0. The number of halogens is 2. The number of carbonyl (C=O) groups excluding carboxylic acids is 1. The van der Waals surface area contributed by atoms with Crippen molar-refractivity contribution in [1.82, 2.24) is 9.55 Å². The average molecular weight is 415 g/mol. The number of rotatable bonds is 4. The van der Waals surface area contributed by atoms with E-state index in [1.807, 2.05) is 55.8 Å². The fraction of sp³-hybridized carbons (Fsp3) is 0.182. The van der Waals surface area contributed by atoms with E-state index in [4.69, 9.17) is 27.9 Å². The smallest absolute Gasteiger partial charge is 0.331 e. The van der Waals surface area contributed by atoms with Crippen molar-refractivity contribution in [2.24, 2.45) is 0 Å². The van der Waals surface area contributed by atoms with Gasteiger partial charge >= 0.3 is 5.97 Å². The molecule has 28 heavy (non-hydrogen) atoms. The highest BCUT2D eigenvalue weighted by atomic mass is 35.5. The molecule has 0 aliphatic carbocycles. The fourth-order valence-corrected chi connectivity index (χ4v) is 3.30. The highest BCUT2D eigenvalue weighted by molar-refractivity contribution is 6.36. The summed E-state index contributed by atoms with van der Waals surface area (Å²) < 4.78 is 7.24. The van der Waals surface area contributed by atoms with Gasteiger partial charge in [0, 0.05) is 39.6 Å². The van der Waals surface area contributed by atoms with Crippen LogP contribution in [0.15, 0.2) is 61.2 Å². The number of benzene rings is 2. The third-order valence-electron chi connectivity index (χ3n) is 3.86. The Kier molecular flexibility index (Phi) is 5.92. The van der Waals surface area contributed by atoms with Crippen LogP contribution >= 0.6 is 23.2 Å². The van der Waals surface area contributed by atoms with Gasteiger partial charge in [-0.15, -0.1) is 0 Å². The Bertz CT molecular complexity index is 1020. The summed E-state index contributed by atoms with van der Waals surface area (Å²) in [6, 6.07) is 11.2. The minimum absolute atomic E-state index is 0.404. The SMILES string of the molecule is CC(C)(C)OC(=O)/C=C/c1cccc(-c2ccc(Cl)cc2Cl)c1-n1ccnc1. The third-order valence-corrected chi connectivity index (χ3v) is 4.40. The summed E-state index contributed by atoms with van der Waals surface area (Å²) in [7, 11) is 0. The molecule has 0 radical (unpaired) electrons. The van der Waals surface area contributed by atoms with Gasteiger partial charge in [-0.3, -0.25) is 0 Å². The minimum atomic E-state index is -0.548. The molecule has 0 N–H and O–H groups in total. The molecule has 0 bridgehead atoms. The van der Waals surface area contributed by atoms with Crippen molar-refractivity contribution in [2.75, 3.05) is 0 Å². The van der Waals surface area contributed by atoms with Crippen LogP contribution in [0.1, 0.15) is 26.3 Å². The van der Waals surface area contributed by atoms with Crippen molar-refractivity contribution in [3.8, 4) is 16.8 Å². The summed E-state index contributed by atoms with van der Waals surface area (Å²) in [5.74, 6) is -0.404. The summed E-state index contributed by atoms with van der Waals surface area (Å²) in [6.45, 7) is 5.50. The van der Waals surface area contributed by atoms with Gasteiger partial charge < -0.3 is 9.30 Å². The van der Waals surface area contributed by atoms with Crippen LogP contribution in [-0.2, 0) is 9.53 Å². The van der Waals surface area contributed by atoms with Gasteiger partial charge in [-0.1, -0.05) is 47.5 Å². The zero-order valence-corrected chi connectivity index (χ0v) is 17.3. The molecule has 4 nitrogen and oxygen atoms in total. The molecule has 0 atom stereocenters. The van der Waals surface area contributed by atoms with E-state index < -0.39 is 11.6 Å². The molecule has 2 aromatic carbocycles. The molecule has 0 saturated carbocycles. The predicted octanol–water partition coefficient (Wildman–Crippen LogP) is 6.20. The van der Waals surface area contributed by atoms with Gasteiger partial charge in [-0.2, -0.15) is 0 Å². The first-order valence-corrected chi connectivity index (χ1v) is 9.48. The maximum atomic E-state index is 12.1. The van der Waals surface area contributed by atoms with Gasteiger partial charge in [0.25, 0.3) is 0 Å². The van der Waals surface area contributed by atoms with Crippen LogP contribution in [0.3, 0.4) is 0 Å². The zero-order chi connectivity index (χ0) is 20.3. The first kappa shape index (κ1) is 20.2. The highest BCUT2D eigenvalue weighted by Gasteiger charge is 2.16. The van der Waals surface area contributed by atoms with Crippen LogP contribution in [0.4, 0.5) is 0 Å². The summed E-state index contributed by atoms with van der Waals surface area (Å²) >= 11 is 12.5. The molecule has 0 saturated heterocycles. The molecule has 144 valence electrons. The maximum absolute atomic E-state index is 12.1. The number of aromatic nitrogens is 2. The first-order valence-electron chi connectivity index (χ1n) is 8.72. The highest BCUT2D eigenvalue weighted by Crippen LogP contribution is 2.36. The number of imidazole rings is 1. The fourth-order valence-electron chi connectivity index (χ4n) is 2.79. The van der Waals surface area contributed by atoms with E-state index in [0.717, 1.165) is 22.4 Å². The van der Waals surface area contributed by atoms with Crippen LogP contribution in [0.25, 0.3) is 22.9 Å². The Balaban J connectivity index is 2.10. The quantitative estimate of drug-likeness (QED) is 0.376. The molecule has 3 rings (SSSR count). The largest absolute Gasteiger partial charge is 0.457 e. The predicted molar refractivity (Wildman–Crippen MR) is 114 cm³/mol. The summed E-state index contributed by atoms with van der Waals surface area (Å²) in [5, 5.41) is 1.11. The molecule has 3 aromatic rings. The van der Waals surface area contributed by atoms with Gasteiger partial charge in [0.15, 0.2) is 0 Å². The molecular formula is C22H20Cl2N2O2. The summed E-state index contributed by atoms with van der Waals surface area (Å²) in [6.07, 6.45) is 8.40. The maximum Gasteiger partial charge on any atom is 0.331 e. The number of hydrogen-bond acceptors (Lipinski definition) is 3. The third kappa shape index (κ3) is 4.83. The van der Waals surface area contributed by atoms with Gasteiger partial charge in [-0.25, -0.2) is 9.78 Å². The Hall–Kier alpha value is -2.56. The lowest BCUT2D eigenvalue weighted by atomic mass is 9.99. The molecule has 0 amide bonds. The lowest BCUT2D eigenvalue weighted by Crippen LogP contribution is -2.22. The Morgan fingerprint density at radius 3 is 2.57 bits per heavy atom. The van der Waals surface area contributed by atoms with Gasteiger partial charge in [-0.05, 0) is 44.5 Å². The molecule has 0 fully saturated rings. The second-order valence-corrected chi connectivity index (χ2v) is 8.05. The van der Waals surface area contributed by atoms with E-state index in [0.29, 0.717) is 10.0 Å². The van der Waals surface area contributed by atoms with E-state index in [1.165, 1.54) is 6.08 Å². The normalized spacial score (nSPS) is 11.8. The Labute approximate surface area is 174 Å². The Morgan fingerprint density at radius 2 is 1.93 bits per heavy atom. The molecule has 1 aromatic heterocycles. The first-order chi connectivity index (χ1) is 13.2. The minimum Gasteiger partial charge on any atom is -0.457 e. The number of ether oxygens (including phenoxy) is 1. The number of esters is 1. The van der Waals surface area contributed by atoms with Crippen LogP contribution in [-0.4, -0.2) is 21.1 Å². The summed E-state index contributed by atoms with van der Waals surface area (Å²) in [5.41, 5.74) is 2.86. The van der Waals surface area contributed by atoms with E-state index in [2.05, 4.69) is 4.98 Å². The zero-order valence-electron chi connectivity index (χ0n) is 15.8. The van der Waals surface area contributed by atoms with E-state index >= 15 is 0 Å².